The molecular weight excluding hydrogens is 335 g/mol. The number of benzene rings is 1. The van der Waals surface area contributed by atoms with Gasteiger partial charge in [0.25, 0.3) is 0 Å². The Morgan fingerprint density at radius 3 is 2.72 bits per heavy atom. The van der Waals surface area contributed by atoms with Crippen LogP contribution in [0.1, 0.15) is 32.6 Å². The molecule has 0 aliphatic carbocycles. The molecule has 1 aromatic carbocycles. The van der Waals surface area contributed by atoms with Crippen LogP contribution >= 0.6 is 38.9 Å². The van der Waals surface area contributed by atoms with Crippen LogP contribution in [0.5, 0.6) is 0 Å². The summed E-state index contributed by atoms with van der Waals surface area (Å²) in [6.45, 7) is 3.88. The first-order valence-corrected chi connectivity index (χ1v) is 7.82. The molecule has 0 aliphatic heterocycles. The van der Waals surface area contributed by atoms with Crippen LogP contribution in [0.25, 0.3) is 0 Å². The molecule has 1 unspecified atom stereocenters. The maximum absolute atomic E-state index is 13.4. The molecule has 0 amide bonds. The summed E-state index contributed by atoms with van der Waals surface area (Å²) >= 11 is 11.5. The van der Waals surface area contributed by atoms with Crippen LogP contribution in [0.4, 0.5) is 4.39 Å². The van der Waals surface area contributed by atoms with E-state index < -0.39 is 0 Å². The van der Waals surface area contributed by atoms with Crippen molar-refractivity contribution in [3.05, 3.63) is 56.0 Å². The SMILES string of the molecule is CCc1ccc(C(Br)c2cc(C)c(F)cc2Cl)s1. The summed E-state index contributed by atoms with van der Waals surface area (Å²) in [5.74, 6) is -0.260. The molecule has 0 saturated carbocycles. The molecule has 1 aromatic heterocycles. The predicted octanol–water partition coefficient (Wildman–Crippen LogP) is 5.90. The second-order valence-electron chi connectivity index (χ2n) is 4.14. The predicted molar refractivity (Wildman–Crippen MR) is 80.6 cm³/mol. The number of hydrogen-bond acceptors (Lipinski definition) is 1. The van der Waals surface area contributed by atoms with E-state index in [0.717, 1.165) is 12.0 Å². The van der Waals surface area contributed by atoms with Gasteiger partial charge in [0.2, 0.25) is 0 Å². The van der Waals surface area contributed by atoms with Crippen molar-refractivity contribution in [3.8, 4) is 0 Å². The van der Waals surface area contributed by atoms with Gasteiger partial charge in [-0.1, -0.05) is 40.5 Å². The van der Waals surface area contributed by atoms with Crippen LogP contribution in [0.3, 0.4) is 0 Å². The summed E-state index contributed by atoms with van der Waals surface area (Å²) in [5, 5.41) is 0.464. The zero-order valence-electron chi connectivity index (χ0n) is 10.1. The van der Waals surface area contributed by atoms with Gasteiger partial charge in [0.1, 0.15) is 5.82 Å². The number of halogens is 3. The van der Waals surface area contributed by atoms with Crippen LogP contribution in [0.2, 0.25) is 5.02 Å². The van der Waals surface area contributed by atoms with Crippen molar-refractivity contribution in [1.82, 2.24) is 0 Å². The second-order valence-corrected chi connectivity index (χ2v) is 6.67. The number of aryl methyl sites for hydroxylation is 2. The van der Waals surface area contributed by atoms with E-state index in [-0.39, 0.29) is 10.6 Å². The van der Waals surface area contributed by atoms with Crippen LogP contribution in [-0.2, 0) is 6.42 Å². The van der Waals surface area contributed by atoms with E-state index in [0.29, 0.717) is 10.6 Å². The minimum absolute atomic E-state index is 0.0228. The maximum atomic E-state index is 13.4. The van der Waals surface area contributed by atoms with Crippen LogP contribution in [0.15, 0.2) is 24.3 Å². The lowest BCUT2D eigenvalue weighted by Crippen LogP contribution is -1.94. The maximum Gasteiger partial charge on any atom is 0.127 e. The Kier molecular flexibility index (Phi) is 4.46. The molecule has 18 heavy (non-hydrogen) atoms. The van der Waals surface area contributed by atoms with E-state index in [1.54, 1.807) is 18.3 Å². The third-order valence-corrected chi connectivity index (χ3v) is 5.74. The monoisotopic (exact) mass is 346 g/mol. The fraction of sp³-hybridized carbons (Fsp3) is 0.286. The van der Waals surface area contributed by atoms with E-state index in [2.05, 4.69) is 35.0 Å². The lowest BCUT2D eigenvalue weighted by Gasteiger charge is -2.12. The molecule has 4 heteroatoms. The van der Waals surface area contributed by atoms with Crippen LogP contribution in [0, 0.1) is 12.7 Å². The van der Waals surface area contributed by atoms with Crippen molar-refractivity contribution >= 4 is 38.9 Å². The molecule has 0 fully saturated rings. The van der Waals surface area contributed by atoms with Gasteiger partial charge in [-0.2, -0.15) is 0 Å². The quantitative estimate of drug-likeness (QED) is 0.607. The average molecular weight is 348 g/mol. The molecular formula is C14H13BrClFS. The lowest BCUT2D eigenvalue weighted by atomic mass is 10.1. The van der Waals surface area contributed by atoms with E-state index in [1.807, 2.05) is 6.07 Å². The van der Waals surface area contributed by atoms with E-state index in [9.17, 15) is 4.39 Å². The smallest absolute Gasteiger partial charge is 0.127 e. The number of alkyl halides is 1. The van der Waals surface area contributed by atoms with Gasteiger partial charge in [-0.3, -0.25) is 0 Å². The Labute approximate surface area is 124 Å². The highest BCUT2D eigenvalue weighted by Gasteiger charge is 2.17. The molecule has 0 spiro atoms. The van der Waals surface area contributed by atoms with Crippen molar-refractivity contribution in [2.45, 2.75) is 25.1 Å². The Morgan fingerprint density at radius 2 is 2.11 bits per heavy atom. The highest BCUT2D eigenvalue weighted by atomic mass is 79.9. The molecule has 0 N–H and O–H groups in total. The Hall–Kier alpha value is -0.380. The number of thiophene rings is 1. The molecule has 1 heterocycles. The largest absolute Gasteiger partial charge is 0.207 e. The Balaban J connectivity index is 2.39. The van der Waals surface area contributed by atoms with Crippen molar-refractivity contribution in [2.24, 2.45) is 0 Å². The Bertz CT molecular complexity index is 565. The molecule has 2 aromatic rings. The minimum atomic E-state index is -0.260. The molecule has 0 saturated heterocycles. The highest BCUT2D eigenvalue weighted by Crippen LogP contribution is 2.39. The summed E-state index contributed by atoms with van der Waals surface area (Å²) in [4.78, 5) is 2.55. The first-order valence-electron chi connectivity index (χ1n) is 5.71. The third kappa shape index (κ3) is 2.79. The first kappa shape index (κ1) is 14.0. The fourth-order valence-electron chi connectivity index (χ4n) is 1.75. The third-order valence-electron chi connectivity index (χ3n) is 2.83. The topological polar surface area (TPSA) is 0 Å². The Morgan fingerprint density at radius 1 is 1.39 bits per heavy atom. The molecule has 0 radical (unpaired) electrons. The van der Waals surface area contributed by atoms with E-state index in [4.69, 9.17) is 11.6 Å². The van der Waals surface area contributed by atoms with Gasteiger partial charge in [0.05, 0.1) is 4.83 Å². The number of rotatable bonds is 3. The first-order chi connectivity index (χ1) is 8.52. The molecule has 2 rings (SSSR count). The normalized spacial score (nSPS) is 12.7. The van der Waals surface area contributed by atoms with Gasteiger partial charge >= 0.3 is 0 Å². The van der Waals surface area contributed by atoms with Gasteiger partial charge in [-0.15, -0.1) is 11.3 Å². The summed E-state index contributed by atoms with van der Waals surface area (Å²) in [6, 6.07) is 7.41. The van der Waals surface area contributed by atoms with Gasteiger partial charge in [0.15, 0.2) is 0 Å². The zero-order chi connectivity index (χ0) is 13.3. The minimum Gasteiger partial charge on any atom is -0.207 e. The fourth-order valence-corrected chi connectivity index (χ4v) is 3.90. The van der Waals surface area contributed by atoms with Crippen LogP contribution < -0.4 is 0 Å². The van der Waals surface area contributed by atoms with Crippen molar-refractivity contribution < 1.29 is 4.39 Å². The second kappa shape index (κ2) is 5.72. The van der Waals surface area contributed by atoms with Gasteiger partial charge in [-0.25, -0.2) is 4.39 Å². The van der Waals surface area contributed by atoms with Gasteiger partial charge in [-0.05, 0) is 42.7 Å². The molecule has 96 valence electrons. The summed E-state index contributed by atoms with van der Waals surface area (Å²) in [6.07, 6.45) is 1.03. The lowest BCUT2D eigenvalue weighted by molar-refractivity contribution is 0.618. The standard InChI is InChI=1S/C14H13BrClFS/c1-3-9-4-5-13(18-9)14(15)10-6-8(2)12(17)7-11(10)16/h4-7,14H,3H2,1-2H3. The average Bonchev–Trinajstić information content (AvgIpc) is 2.81. The number of hydrogen-bond donors (Lipinski definition) is 0. The summed E-state index contributed by atoms with van der Waals surface area (Å²) < 4.78 is 13.4. The van der Waals surface area contributed by atoms with Gasteiger partial charge in [0, 0.05) is 14.8 Å². The molecule has 0 nitrogen and oxygen atoms in total. The zero-order valence-corrected chi connectivity index (χ0v) is 13.3. The van der Waals surface area contributed by atoms with Crippen molar-refractivity contribution in [3.63, 3.8) is 0 Å². The molecule has 0 aliphatic rings. The van der Waals surface area contributed by atoms with Gasteiger partial charge < -0.3 is 0 Å². The molecule has 1 atom stereocenters. The summed E-state index contributed by atoms with van der Waals surface area (Å²) in [5.41, 5.74) is 1.53. The highest BCUT2D eigenvalue weighted by molar-refractivity contribution is 9.09. The van der Waals surface area contributed by atoms with E-state index >= 15 is 0 Å². The van der Waals surface area contributed by atoms with Crippen LogP contribution in [-0.4, -0.2) is 0 Å². The van der Waals surface area contributed by atoms with Crippen molar-refractivity contribution in [2.75, 3.05) is 0 Å². The van der Waals surface area contributed by atoms with E-state index in [1.165, 1.54) is 15.8 Å². The molecule has 0 bridgehead atoms. The summed E-state index contributed by atoms with van der Waals surface area (Å²) in [7, 11) is 0. The van der Waals surface area contributed by atoms with Crippen molar-refractivity contribution in [1.29, 1.82) is 0 Å².